The first-order valence-electron chi connectivity index (χ1n) is 15.9. The van der Waals surface area contributed by atoms with Crippen molar-refractivity contribution in [3.05, 3.63) is 156 Å². The normalized spacial score (nSPS) is 13.2. The molecule has 6 aromatic carbocycles. The van der Waals surface area contributed by atoms with Gasteiger partial charge in [0.15, 0.2) is 0 Å². The van der Waals surface area contributed by atoms with Crippen molar-refractivity contribution in [1.82, 2.24) is 0 Å². The Morgan fingerprint density at radius 1 is 0.587 bits per heavy atom. The molecule has 0 unspecified atom stereocenters. The lowest BCUT2D eigenvalue weighted by molar-refractivity contribution is 1.34. The average Bonchev–Trinajstić information content (AvgIpc) is 3.48. The molecule has 1 aromatic heterocycles. The summed E-state index contributed by atoms with van der Waals surface area (Å²) in [4.78, 5) is 0. The summed E-state index contributed by atoms with van der Waals surface area (Å²) in [6, 6.07) is 39.3. The number of hydrogen-bond acceptors (Lipinski definition) is 1. The Labute approximate surface area is 277 Å². The van der Waals surface area contributed by atoms with Crippen molar-refractivity contribution in [2.75, 3.05) is 0 Å². The highest BCUT2D eigenvalue weighted by atomic mass is 32.1. The van der Waals surface area contributed by atoms with Gasteiger partial charge >= 0.3 is 0 Å². The first-order chi connectivity index (χ1) is 22.5. The van der Waals surface area contributed by atoms with Gasteiger partial charge in [0.1, 0.15) is 7.85 Å². The zero-order chi connectivity index (χ0) is 31.8. The van der Waals surface area contributed by atoms with Crippen molar-refractivity contribution < 1.29 is 0 Å². The Bertz CT molecular complexity index is 2400. The third-order valence-electron chi connectivity index (χ3n) is 9.11. The van der Waals surface area contributed by atoms with Crippen molar-refractivity contribution in [3.63, 3.8) is 0 Å². The topological polar surface area (TPSA) is 0 Å². The lowest BCUT2D eigenvalue weighted by atomic mass is 9.80. The van der Waals surface area contributed by atoms with Crippen molar-refractivity contribution in [3.8, 4) is 22.3 Å². The second-order valence-electron chi connectivity index (χ2n) is 12.0. The van der Waals surface area contributed by atoms with Crippen LogP contribution in [0.5, 0.6) is 0 Å². The maximum absolute atomic E-state index is 6.84. The van der Waals surface area contributed by atoms with Gasteiger partial charge < -0.3 is 0 Å². The maximum atomic E-state index is 6.84. The Morgan fingerprint density at radius 3 is 2.02 bits per heavy atom. The Kier molecular flexibility index (Phi) is 8.07. The molecule has 0 aliphatic carbocycles. The third kappa shape index (κ3) is 5.13. The molecule has 7 aromatic rings. The van der Waals surface area contributed by atoms with Gasteiger partial charge in [-0.1, -0.05) is 139 Å². The van der Waals surface area contributed by atoms with E-state index in [9.17, 15) is 0 Å². The quantitative estimate of drug-likeness (QED) is 0.100. The Hall–Kier alpha value is -4.92. The predicted molar refractivity (Wildman–Crippen MR) is 207 cm³/mol. The van der Waals surface area contributed by atoms with Gasteiger partial charge in [0.2, 0.25) is 0 Å². The molecule has 7 rings (SSSR count). The zero-order valence-electron chi connectivity index (χ0n) is 26.8. The summed E-state index contributed by atoms with van der Waals surface area (Å²) in [5.41, 5.74) is 10.7. The molecular formula is C44H35BS. The number of thiophene rings is 1. The minimum absolute atomic E-state index is 0.800. The van der Waals surface area contributed by atoms with Gasteiger partial charge in [-0.2, -0.15) is 0 Å². The van der Waals surface area contributed by atoms with Gasteiger partial charge in [0.05, 0.1) is 0 Å². The minimum atomic E-state index is 0.800. The van der Waals surface area contributed by atoms with Crippen molar-refractivity contribution in [2.45, 2.75) is 27.7 Å². The zero-order valence-corrected chi connectivity index (χ0v) is 27.6. The van der Waals surface area contributed by atoms with Crippen LogP contribution in [0.25, 0.3) is 69.5 Å². The summed E-state index contributed by atoms with van der Waals surface area (Å²) < 4.78 is 2.60. The summed E-state index contributed by atoms with van der Waals surface area (Å²) in [7, 11) is 6.84. The summed E-state index contributed by atoms with van der Waals surface area (Å²) in [6.45, 7) is 8.61. The molecule has 2 radical (unpaired) electrons. The van der Waals surface area contributed by atoms with Crippen LogP contribution in [-0.2, 0) is 0 Å². The van der Waals surface area contributed by atoms with Gasteiger partial charge in [0, 0.05) is 25.7 Å². The average molecular weight is 607 g/mol. The molecule has 2 heteroatoms. The fourth-order valence-corrected chi connectivity index (χ4v) is 7.92. The molecule has 0 saturated carbocycles. The van der Waals surface area contributed by atoms with Crippen LogP contribution in [0.3, 0.4) is 0 Å². The van der Waals surface area contributed by atoms with Crippen molar-refractivity contribution in [2.24, 2.45) is 0 Å². The first-order valence-corrected chi connectivity index (χ1v) is 16.7. The van der Waals surface area contributed by atoms with E-state index in [0.717, 1.165) is 10.8 Å². The van der Waals surface area contributed by atoms with Crippen LogP contribution in [0.2, 0.25) is 0 Å². The molecule has 46 heavy (non-hydrogen) atoms. The van der Waals surface area contributed by atoms with Crippen LogP contribution in [0.4, 0.5) is 0 Å². The molecule has 0 atom stereocenters. The van der Waals surface area contributed by atoms with E-state index in [1.54, 1.807) is 0 Å². The van der Waals surface area contributed by atoms with Gasteiger partial charge in [-0.3, -0.25) is 0 Å². The van der Waals surface area contributed by atoms with E-state index in [1.807, 2.05) is 24.3 Å². The highest BCUT2D eigenvalue weighted by molar-refractivity contribution is 7.26. The van der Waals surface area contributed by atoms with Crippen LogP contribution in [0.15, 0.2) is 151 Å². The molecular weight excluding hydrogens is 571 g/mol. The van der Waals surface area contributed by atoms with E-state index in [0.29, 0.717) is 0 Å². The van der Waals surface area contributed by atoms with Crippen LogP contribution >= 0.6 is 11.3 Å². The summed E-state index contributed by atoms with van der Waals surface area (Å²) in [5, 5.41) is 7.36. The lowest BCUT2D eigenvalue weighted by Gasteiger charge is -2.19. The highest BCUT2D eigenvalue weighted by Gasteiger charge is 2.20. The van der Waals surface area contributed by atoms with E-state index < -0.39 is 0 Å². The standard InChI is InChI=1S/C44H35BS/c1-5-6-15-28(2)29(3)26-27-30(4)32-20-14-25-39-42(32)37-23-12-22-36(44(37)46-39)41-34-19-11-10-18-33(34)40(31-16-8-7-9-17-31)43-35(41)21-13-24-38(43)45/h5-27H,1-4H3/b6-5-,28-15+,29-26+,30-27+. The molecule has 0 saturated heterocycles. The summed E-state index contributed by atoms with van der Waals surface area (Å²) in [5.74, 6) is 0. The fourth-order valence-electron chi connectivity index (χ4n) is 6.67. The molecule has 0 fully saturated rings. The van der Waals surface area contributed by atoms with E-state index in [1.165, 1.54) is 80.9 Å². The molecule has 0 bridgehead atoms. The lowest BCUT2D eigenvalue weighted by Crippen LogP contribution is -2.06. The van der Waals surface area contributed by atoms with Crippen molar-refractivity contribution >= 4 is 71.9 Å². The smallest absolute Gasteiger partial charge is 0.114 e. The van der Waals surface area contributed by atoms with Crippen molar-refractivity contribution in [1.29, 1.82) is 0 Å². The van der Waals surface area contributed by atoms with E-state index in [4.69, 9.17) is 7.85 Å². The number of hydrogen-bond donors (Lipinski definition) is 0. The molecule has 0 N–H and O–H groups in total. The SMILES string of the molecule is [B]c1cccc2c(-c3cccc4c3sc3cccc(/C(C)=C/C=C(C)/C(C)=C/C=C\C)c34)c3ccccc3c(-c3ccccc3)c12. The molecule has 0 nitrogen and oxygen atoms in total. The molecule has 0 amide bonds. The molecule has 220 valence electrons. The second-order valence-corrected chi connectivity index (χ2v) is 13.0. The number of rotatable bonds is 6. The minimum Gasteiger partial charge on any atom is -0.135 e. The van der Waals surface area contributed by atoms with Crippen LogP contribution in [-0.4, -0.2) is 7.85 Å². The summed E-state index contributed by atoms with van der Waals surface area (Å²) in [6.07, 6.45) is 10.8. The molecule has 0 aliphatic rings. The van der Waals surface area contributed by atoms with Gasteiger partial charge in [-0.15, -0.1) is 11.3 Å². The first kappa shape index (κ1) is 29.8. The molecule has 0 aliphatic heterocycles. The van der Waals surface area contributed by atoms with Crippen LogP contribution in [0.1, 0.15) is 33.3 Å². The Morgan fingerprint density at radius 2 is 1.24 bits per heavy atom. The maximum Gasteiger partial charge on any atom is 0.114 e. The molecule has 0 spiro atoms. The predicted octanol–water partition coefficient (Wildman–Crippen LogP) is 12.4. The number of benzene rings is 6. The monoisotopic (exact) mass is 606 g/mol. The summed E-state index contributed by atoms with van der Waals surface area (Å²) >= 11 is 1.88. The molecule has 1 heterocycles. The van der Waals surface area contributed by atoms with Gasteiger partial charge in [0.25, 0.3) is 0 Å². The van der Waals surface area contributed by atoms with Crippen LogP contribution in [0, 0.1) is 0 Å². The third-order valence-corrected chi connectivity index (χ3v) is 10.3. The Balaban J connectivity index is 1.50. The van der Waals surface area contributed by atoms with Gasteiger partial charge in [-0.25, -0.2) is 0 Å². The highest BCUT2D eigenvalue weighted by Crippen LogP contribution is 2.48. The van der Waals surface area contributed by atoms with E-state index in [2.05, 4.69) is 154 Å². The fraction of sp³-hybridized carbons (Fsp3) is 0.0909. The van der Waals surface area contributed by atoms with Crippen LogP contribution < -0.4 is 5.46 Å². The largest absolute Gasteiger partial charge is 0.135 e. The van der Waals surface area contributed by atoms with E-state index >= 15 is 0 Å². The van der Waals surface area contributed by atoms with E-state index in [-0.39, 0.29) is 0 Å². The second kappa shape index (κ2) is 12.5. The van der Waals surface area contributed by atoms with Gasteiger partial charge in [-0.05, 0) is 94.3 Å². The number of fused-ring (bicyclic) bond motifs is 5. The number of allylic oxidation sites excluding steroid dienone is 8.